The lowest BCUT2D eigenvalue weighted by Crippen LogP contribution is -2.51. The second kappa shape index (κ2) is 4.94. The fourth-order valence-corrected chi connectivity index (χ4v) is 1.35. The first-order chi connectivity index (χ1) is 6.09. The van der Waals surface area contributed by atoms with Crippen molar-refractivity contribution in [2.75, 3.05) is 13.2 Å². The van der Waals surface area contributed by atoms with Gasteiger partial charge in [0.15, 0.2) is 0 Å². The minimum atomic E-state index is 0.216. The molecule has 1 fully saturated rings. The van der Waals surface area contributed by atoms with Gasteiger partial charge >= 0.3 is 0 Å². The van der Waals surface area contributed by atoms with Gasteiger partial charge in [-0.2, -0.15) is 0 Å². The maximum atomic E-state index is 5.76. The summed E-state index contributed by atoms with van der Waals surface area (Å²) < 4.78 is 11.3. The van der Waals surface area contributed by atoms with Gasteiger partial charge in [-0.1, -0.05) is 0 Å². The van der Waals surface area contributed by atoms with Crippen molar-refractivity contribution in [3.8, 4) is 0 Å². The van der Waals surface area contributed by atoms with Crippen LogP contribution in [0.2, 0.25) is 0 Å². The Morgan fingerprint density at radius 3 is 2.69 bits per heavy atom. The van der Waals surface area contributed by atoms with E-state index in [0.29, 0.717) is 18.8 Å². The summed E-state index contributed by atoms with van der Waals surface area (Å²) >= 11 is 0. The molecule has 0 bridgehead atoms. The summed E-state index contributed by atoms with van der Waals surface area (Å²) in [6.07, 6.45) is 0.793. The summed E-state index contributed by atoms with van der Waals surface area (Å²) in [7, 11) is 0. The number of ether oxygens (including phenoxy) is 2. The molecule has 0 amide bonds. The lowest BCUT2D eigenvalue weighted by atomic mass is 10.1. The van der Waals surface area contributed by atoms with Crippen molar-refractivity contribution in [3.05, 3.63) is 0 Å². The maximum Gasteiger partial charge on any atom is 0.0937 e. The molecule has 0 aliphatic carbocycles. The van der Waals surface area contributed by atoms with Crippen LogP contribution in [0.1, 0.15) is 27.7 Å². The maximum absolute atomic E-state index is 5.76. The normalized spacial score (nSPS) is 35.3. The summed E-state index contributed by atoms with van der Waals surface area (Å²) in [4.78, 5) is 0. The van der Waals surface area contributed by atoms with Crippen LogP contribution in [-0.2, 0) is 9.47 Å². The molecule has 0 spiro atoms. The van der Waals surface area contributed by atoms with Gasteiger partial charge < -0.3 is 14.8 Å². The van der Waals surface area contributed by atoms with Crippen molar-refractivity contribution >= 4 is 0 Å². The van der Waals surface area contributed by atoms with E-state index in [2.05, 4.69) is 19.2 Å². The molecule has 0 aromatic heterocycles. The van der Waals surface area contributed by atoms with Crippen LogP contribution in [0.15, 0.2) is 0 Å². The van der Waals surface area contributed by atoms with E-state index in [0.717, 1.165) is 6.54 Å². The van der Waals surface area contributed by atoms with Crippen LogP contribution in [0.4, 0.5) is 0 Å². The average molecular weight is 187 g/mol. The highest BCUT2D eigenvalue weighted by Gasteiger charge is 2.24. The topological polar surface area (TPSA) is 30.5 Å². The van der Waals surface area contributed by atoms with E-state index >= 15 is 0 Å². The quantitative estimate of drug-likeness (QED) is 0.719. The zero-order chi connectivity index (χ0) is 9.84. The number of rotatable bonds is 3. The van der Waals surface area contributed by atoms with Crippen LogP contribution >= 0.6 is 0 Å². The molecule has 1 N–H and O–H groups in total. The predicted molar refractivity (Wildman–Crippen MR) is 52.9 cm³/mol. The van der Waals surface area contributed by atoms with E-state index in [1.807, 2.05) is 13.8 Å². The van der Waals surface area contributed by atoms with Crippen molar-refractivity contribution in [1.82, 2.24) is 5.32 Å². The summed E-state index contributed by atoms with van der Waals surface area (Å²) in [5.41, 5.74) is 0. The average Bonchev–Trinajstić information content (AvgIpc) is 2.07. The van der Waals surface area contributed by atoms with Crippen LogP contribution in [0, 0.1) is 0 Å². The van der Waals surface area contributed by atoms with Gasteiger partial charge in [0.05, 0.1) is 24.9 Å². The van der Waals surface area contributed by atoms with Crippen LogP contribution in [-0.4, -0.2) is 37.5 Å². The van der Waals surface area contributed by atoms with Crippen molar-refractivity contribution in [2.24, 2.45) is 0 Å². The molecule has 0 saturated carbocycles. The molecule has 3 heteroatoms. The smallest absolute Gasteiger partial charge is 0.0937 e. The van der Waals surface area contributed by atoms with Crippen molar-refractivity contribution in [2.45, 2.75) is 52.0 Å². The SMILES string of the molecule is CC(C)OC[C@@H]1CN[C@H](C)[C@H](C)O1. The van der Waals surface area contributed by atoms with Crippen molar-refractivity contribution in [1.29, 1.82) is 0 Å². The van der Waals surface area contributed by atoms with Crippen LogP contribution in [0.3, 0.4) is 0 Å². The zero-order valence-corrected chi connectivity index (χ0v) is 9.04. The van der Waals surface area contributed by atoms with Gasteiger partial charge in [0, 0.05) is 12.6 Å². The molecule has 0 aromatic carbocycles. The van der Waals surface area contributed by atoms with E-state index in [4.69, 9.17) is 9.47 Å². The van der Waals surface area contributed by atoms with E-state index in [1.165, 1.54) is 0 Å². The Bertz CT molecular complexity index is 150. The molecular weight excluding hydrogens is 166 g/mol. The van der Waals surface area contributed by atoms with E-state index in [-0.39, 0.29) is 12.2 Å². The van der Waals surface area contributed by atoms with E-state index < -0.39 is 0 Å². The first-order valence-electron chi connectivity index (χ1n) is 5.10. The lowest BCUT2D eigenvalue weighted by Gasteiger charge is -2.34. The third-order valence-electron chi connectivity index (χ3n) is 2.39. The zero-order valence-electron chi connectivity index (χ0n) is 9.04. The highest BCUT2D eigenvalue weighted by atomic mass is 16.5. The minimum absolute atomic E-state index is 0.216. The fourth-order valence-electron chi connectivity index (χ4n) is 1.35. The number of hydrogen-bond donors (Lipinski definition) is 1. The first-order valence-corrected chi connectivity index (χ1v) is 5.10. The van der Waals surface area contributed by atoms with E-state index in [9.17, 15) is 0 Å². The molecular formula is C10H21NO2. The molecule has 1 rings (SSSR count). The third kappa shape index (κ3) is 3.63. The van der Waals surface area contributed by atoms with Crippen LogP contribution in [0.5, 0.6) is 0 Å². The summed E-state index contributed by atoms with van der Waals surface area (Å²) in [6, 6.07) is 0.454. The monoisotopic (exact) mass is 187 g/mol. The molecule has 78 valence electrons. The molecule has 1 aliphatic rings. The highest BCUT2D eigenvalue weighted by molar-refractivity contribution is 4.78. The van der Waals surface area contributed by atoms with Crippen molar-refractivity contribution < 1.29 is 9.47 Å². The van der Waals surface area contributed by atoms with Gasteiger partial charge in [0.2, 0.25) is 0 Å². The van der Waals surface area contributed by atoms with Gasteiger partial charge in [-0.05, 0) is 27.7 Å². The first kappa shape index (κ1) is 11.0. The van der Waals surface area contributed by atoms with Gasteiger partial charge in [-0.15, -0.1) is 0 Å². The second-order valence-electron chi connectivity index (χ2n) is 4.04. The second-order valence-corrected chi connectivity index (χ2v) is 4.04. The standard InChI is InChI=1S/C10H21NO2/c1-7(2)12-6-10-5-11-8(3)9(4)13-10/h7-11H,5-6H2,1-4H3/t8-,9+,10+/m1/s1. The van der Waals surface area contributed by atoms with Crippen LogP contribution in [0.25, 0.3) is 0 Å². The molecule has 3 atom stereocenters. The molecule has 1 heterocycles. The Kier molecular flexibility index (Phi) is 4.16. The van der Waals surface area contributed by atoms with Gasteiger partial charge in [0.25, 0.3) is 0 Å². The minimum Gasteiger partial charge on any atom is -0.376 e. The van der Waals surface area contributed by atoms with Gasteiger partial charge in [-0.3, -0.25) is 0 Å². The number of nitrogens with one attached hydrogen (secondary N) is 1. The molecule has 0 unspecified atom stereocenters. The lowest BCUT2D eigenvalue weighted by molar-refractivity contribution is -0.0932. The largest absolute Gasteiger partial charge is 0.376 e. The Morgan fingerprint density at radius 2 is 2.15 bits per heavy atom. The predicted octanol–water partition coefficient (Wildman–Crippen LogP) is 1.18. The fraction of sp³-hybridized carbons (Fsp3) is 1.00. The summed E-state index contributed by atoms with van der Waals surface area (Å²) in [5.74, 6) is 0. The molecule has 3 nitrogen and oxygen atoms in total. The summed E-state index contributed by atoms with van der Waals surface area (Å²) in [6.45, 7) is 9.92. The van der Waals surface area contributed by atoms with Gasteiger partial charge in [-0.25, -0.2) is 0 Å². The van der Waals surface area contributed by atoms with Gasteiger partial charge in [0.1, 0.15) is 0 Å². The van der Waals surface area contributed by atoms with Crippen LogP contribution < -0.4 is 5.32 Å². The molecule has 1 aliphatic heterocycles. The number of hydrogen-bond acceptors (Lipinski definition) is 3. The molecule has 0 radical (unpaired) electrons. The highest BCUT2D eigenvalue weighted by Crippen LogP contribution is 2.09. The molecule has 0 aromatic rings. The summed E-state index contributed by atoms with van der Waals surface area (Å²) in [5, 5.41) is 3.40. The molecule has 13 heavy (non-hydrogen) atoms. The third-order valence-corrected chi connectivity index (χ3v) is 2.39. The van der Waals surface area contributed by atoms with Crippen molar-refractivity contribution in [3.63, 3.8) is 0 Å². The Balaban J connectivity index is 2.21. The Hall–Kier alpha value is -0.120. The number of morpholine rings is 1. The molecule has 1 saturated heterocycles. The Morgan fingerprint density at radius 1 is 1.46 bits per heavy atom. The van der Waals surface area contributed by atoms with E-state index in [1.54, 1.807) is 0 Å². The Labute approximate surface area is 80.8 Å².